The molecule has 0 atom stereocenters. The highest BCUT2D eigenvalue weighted by Crippen LogP contribution is 2.25. The third-order valence-electron chi connectivity index (χ3n) is 3.74. The standard InChI is InChI=1S/C19H17N3O3S/c20-17(23)11-22-18(24)13-7-5-12(6-8-13)10-21-19(25)16-9-14-3-1-2-4-15(14)26-16/h1-9H,10-11H2,(H2,20,23)(H,21,25)(H,22,24). The molecule has 0 saturated carbocycles. The van der Waals surface area contributed by atoms with E-state index in [-0.39, 0.29) is 18.4 Å². The van der Waals surface area contributed by atoms with E-state index in [1.165, 1.54) is 11.3 Å². The second-order valence-electron chi connectivity index (χ2n) is 5.68. The Hall–Kier alpha value is -3.19. The van der Waals surface area contributed by atoms with Crippen LogP contribution in [0.4, 0.5) is 0 Å². The minimum atomic E-state index is -0.598. The molecule has 7 heteroatoms. The van der Waals surface area contributed by atoms with E-state index in [1.54, 1.807) is 24.3 Å². The summed E-state index contributed by atoms with van der Waals surface area (Å²) in [4.78, 5) is 35.5. The highest BCUT2D eigenvalue weighted by atomic mass is 32.1. The van der Waals surface area contributed by atoms with Crippen molar-refractivity contribution in [1.29, 1.82) is 0 Å². The van der Waals surface area contributed by atoms with Crippen LogP contribution in [0.1, 0.15) is 25.6 Å². The lowest BCUT2D eigenvalue weighted by Gasteiger charge is -2.06. The summed E-state index contributed by atoms with van der Waals surface area (Å²) < 4.78 is 1.07. The Morgan fingerprint density at radius 1 is 0.923 bits per heavy atom. The Labute approximate surface area is 154 Å². The Kier molecular flexibility index (Phi) is 5.28. The van der Waals surface area contributed by atoms with Crippen molar-refractivity contribution in [3.63, 3.8) is 0 Å². The van der Waals surface area contributed by atoms with Crippen molar-refractivity contribution in [1.82, 2.24) is 10.6 Å². The Morgan fingerprint density at radius 3 is 2.35 bits per heavy atom. The molecule has 3 rings (SSSR count). The van der Waals surface area contributed by atoms with Crippen molar-refractivity contribution in [2.45, 2.75) is 6.54 Å². The van der Waals surface area contributed by atoms with Gasteiger partial charge in [-0.1, -0.05) is 30.3 Å². The van der Waals surface area contributed by atoms with Gasteiger partial charge in [0.25, 0.3) is 11.8 Å². The third-order valence-corrected chi connectivity index (χ3v) is 4.86. The van der Waals surface area contributed by atoms with Gasteiger partial charge < -0.3 is 16.4 Å². The van der Waals surface area contributed by atoms with Gasteiger partial charge in [-0.3, -0.25) is 14.4 Å². The number of fused-ring (bicyclic) bond motifs is 1. The molecule has 0 aliphatic rings. The summed E-state index contributed by atoms with van der Waals surface area (Å²) in [5.74, 6) is -1.10. The van der Waals surface area contributed by atoms with Gasteiger partial charge in [-0.25, -0.2) is 0 Å². The average Bonchev–Trinajstić information content (AvgIpc) is 3.09. The van der Waals surface area contributed by atoms with Crippen molar-refractivity contribution in [2.24, 2.45) is 5.73 Å². The normalized spacial score (nSPS) is 10.5. The molecule has 1 aromatic heterocycles. The van der Waals surface area contributed by atoms with Crippen LogP contribution in [-0.4, -0.2) is 24.3 Å². The number of rotatable bonds is 6. The van der Waals surface area contributed by atoms with Gasteiger partial charge >= 0.3 is 0 Å². The molecule has 0 unspecified atom stereocenters. The van der Waals surface area contributed by atoms with Gasteiger partial charge in [-0.05, 0) is 35.2 Å². The lowest BCUT2D eigenvalue weighted by atomic mass is 10.1. The van der Waals surface area contributed by atoms with Crippen LogP contribution in [0, 0.1) is 0 Å². The molecule has 0 radical (unpaired) electrons. The number of amides is 3. The van der Waals surface area contributed by atoms with Gasteiger partial charge in [0.1, 0.15) is 0 Å². The maximum absolute atomic E-state index is 12.3. The molecule has 0 spiro atoms. The van der Waals surface area contributed by atoms with Crippen LogP contribution in [-0.2, 0) is 11.3 Å². The molecule has 132 valence electrons. The van der Waals surface area contributed by atoms with Gasteiger partial charge in [-0.2, -0.15) is 0 Å². The Morgan fingerprint density at radius 2 is 1.65 bits per heavy atom. The first-order valence-electron chi connectivity index (χ1n) is 7.95. The predicted molar refractivity (Wildman–Crippen MR) is 101 cm³/mol. The van der Waals surface area contributed by atoms with Gasteiger partial charge in [0.2, 0.25) is 5.91 Å². The zero-order valence-electron chi connectivity index (χ0n) is 13.8. The van der Waals surface area contributed by atoms with Gasteiger partial charge in [0.15, 0.2) is 0 Å². The first-order chi connectivity index (χ1) is 12.5. The summed E-state index contributed by atoms with van der Waals surface area (Å²) in [5.41, 5.74) is 6.28. The molecule has 0 aliphatic heterocycles. The van der Waals surface area contributed by atoms with Gasteiger partial charge in [-0.15, -0.1) is 11.3 Å². The SMILES string of the molecule is NC(=O)CNC(=O)c1ccc(CNC(=O)c2cc3ccccc3s2)cc1. The first kappa shape index (κ1) is 17.6. The van der Waals surface area contributed by atoms with Crippen molar-refractivity contribution >= 4 is 39.1 Å². The monoisotopic (exact) mass is 367 g/mol. The van der Waals surface area contributed by atoms with E-state index in [0.717, 1.165) is 15.6 Å². The smallest absolute Gasteiger partial charge is 0.261 e. The second-order valence-corrected chi connectivity index (χ2v) is 6.76. The van der Waals surface area contributed by atoms with E-state index < -0.39 is 5.91 Å². The molecule has 3 amide bonds. The van der Waals surface area contributed by atoms with Crippen LogP contribution in [0.15, 0.2) is 54.6 Å². The fraction of sp³-hybridized carbons (Fsp3) is 0.105. The fourth-order valence-corrected chi connectivity index (χ4v) is 3.39. The van der Waals surface area contributed by atoms with E-state index in [4.69, 9.17) is 5.73 Å². The van der Waals surface area contributed by atoms with Crippen LogP contribution in [0.5, 0.6) is 0 Å². The molecule has 26 heavy (non-hydrogen) atoms. The van der Waals surface area contributed by atoms with E-state index in [1.807, 2.05) is 30.3 Å². The molecule has 3 aromatic rings. The molecule has 0 saturated heterocycles. The van der Waals surface area contributed by atoms with E-state index in [0.29, 0.717) is 17.0 Å². The van der Waals surface area contributed by atoms with Crippen LogP contribution in [0.3, 0.4) is 0 Å². The van der Waals surface area contributed by atoms with Gasteiger partial charge in [0, 0.05) is 16.8 Å². The number of nitrogens with one attached hydrogen (secondary N) is 2. The van der Waals surface area contributed by atoms with Gasteiger partial charge in [0.05, 0.1) is 11.4 Å². The Bertz CT molecular complexity index is 931. The highest BCUT2D eigenvalue weighted by molar-refractivity contribution is 7.20. The lowest BCUT2D eigenvalue weighted by molar-refractivity contribution is -0.117. The molecule has 0 bridgehead atoms. The molecule has 4 N–H and O–H groups in total. The number of benzene rings is 2. The summed E-state index contributed by atoms with van der Waals surface area (Å²) in [7, 11) is 0. The number of primary amides is 1. The zero-order valence-corrected chi connectivity index (χ0v) is 14.6. The van der Waals surface area contributed by atoms with Crippen molar-refractivity contribution in [2.75, 3.05) is 6.54 Å². The fourth-order valence-electron chi connectivity index (χ4n) is 2.41. The minimum absolute atomic E-state index is 0.130. The van der Waals surface area contributed by atoms with Crippen LogP contribution < -0.4 is 16.4 Å². The number of thiophene rings is 1. The molecule has 0 fully saturated rings. The number of hydrogen-bond donors (Lipinski definition) is 3. The van der Waals surface area contributed by atoms with Crippen LogP contribution >= 0.6 is 11.3 Å². The number of carbonyl (C=O) groups is 3. The summed E-state index contributed by atoms with van der Waals surface area (Å²) in [6, 6.07) is 16.5. The Balaban J connectivity index is 1.58. The van der Waals surface area contributed by atoms with Crippen LogP contribution in [0.25, 0.3) is 10.1 Å². The summed E-state index contributed by atoms with van der Waals surface area (Å²) in [5, 5.41) is 6.35. The summed E-state index contributed by atoms with van der Waals surface area (Å²) >= 11 is 1.45. The zero-order chi connectivity index (χ0) is 18.5. The van der Waals surface area contributed by atoms with E-state index in [2.05, 4.69) is 10.6 Å². The highest BCUT2D eigenvalue weighted by Gasteiger charge is 2.10. The second kappa shape index (κ2) is 7.79. The topological polar surface area (TPSA) is 101 Å². The number of carbonyl (C=O) groups excluding carboxylic acids is 3. The van der Waals surface area contributed by atoms with Crippen molar-refractivity contribution in [3.8, 4) is 0 Å². The summed E-state index contributed by atoms with van der Waals surface area (Å²) in [6.07, 6.45) is 0. The lowest BCUT2D eigenvalue weighted by Crippen LogP contribution is -2.33. The average molecular weight is 367 g/mol. The molecular weight excluding hydrogens is 350 g/mol. The number of hydrogen-bond acceptors (Lipinski definition) is 4. The maximum Gasteiger partial charge on any atom is 0.261 e. The van der Waals surface area contributed by atoms with E-state index >= 15 is 0 Å². The molecule has 0 aliphatic carbocycles. The number of nitrogens with two attached hydrogens (primary N) is 1. The first-order valence-corrected chi connectivity index (χ1v) is 8.77. The largest absolute Gasteiger partial charge is 0.368 e. The molecule has 2 aromatic carbocycles. The quantitative estimate of drug-likeness (QED) is 0.621. The minimum Gasteiger partial charge on any atom is -0.368 e. The maximum atomic E-state index is 12.3. The van der Waals surface area contributed by atoms with Crippen molar-refractivity contribution in [3.05, 3.63) is 70.6 Å². The molecule has 6 nitrogen and oxygen atoms in total. The molecular formula is C19H17N3O3S. The van der Waals surface area contributed by atoms with Crippen molar-refractivity contribution < 1.29 is 14.4 Å². The summed E-state index contributed by atoms with van der Waals surface area (Å²) in [6.45, 7) is 0.155. The third kappa shape index (κ3) is 4.25. The predicted octanol–water partition coefficient (Wildman–Crippen LogP) is 2.05. The molecule has 1 heterocycles. The van der Waals surface area contributed by atoms with Crippen LogP contribution in [0.2, 0.25) is 0 Å². The van der Waals surface area contributed by atoms with E-state index in [9.17, 15) is 14.4 Å².